The molecule has 0 aliphatic rings. The summed E-state index contributed by atoms with van der Waals surface area (Å²) in [4.78, 5) is 11.8. The van der Waals surface area contributed by atoms with E-state index >= 15 is 0 Å². The zero-order valence-corrected chi connectivity index (χ0v) is 17.0. The van der Waals surface area contributed by atoms with Crippen molar-refractivity contribution in [3.8, 4) is 16.8 Å². The summed E-state index contributed by atoms with van der Waals surface area (Å²) < 4.78 is 1.83. The van der Waals surface area contributed by atoms with Crippen molar-refractivity contribution in [3.63, 3.8) is 0 Å². The number of nitro groups is 1. The van der Waals surface area contributed by atoms with Crippen molar-refractivity contribution in [1.82, 2.24) is 9.78 Å². The van der Waals surface area contributed by atoms with Crippen LogP contribution in [-0.2, 0) is 0 Å². The van der Waals surface area contributed by atoms with Gasteiger partial charge in [0.15, 0.2) is 0 Å². The third-order valence-electron chi connectivity index (χ3n) is 5.97. The van der Waals surface area contributed by atoms with E-state index in [4.69, 9.17) is 0 Å². The molecule has 0 amide bonds. The van der Waals surface area contributed by atoms with Gasteiger partial charge in [-0.2, -0.15) is 5.10 Å². The highest BCUT2D eigenvalue weighted by Gasteiger charge is 2.23. The quantitative estimate of drug-likeness (QED) is 0.179. The van der Waals surface area contributed by atoms with E-state index in [9.17, 15) is 10.1 Å². The lowest BCUT2D eigenvalue weighted by Crippen LogP contribution is -1.97. The number of benzene rings is 5. The molecule has 5 aromatic carbocycles. The molecule has 5 heteroatoms. The largest absolute Gasteiger partial charge is 0.278 e. The Balaban J connectivity index is 1.76. The molecule has 0 N–H and O–H groups in total. The highest BCUT2D eigenvalue weighted by Crippen LogP contribution is 2.42. The molecule has 5 nitrogen and oxygen atoms in total. The zero-order valence-electron chi connectivity index (χ0n) is 17.0. The molecule has 0 radical (unpaired) electrons. The average Bonchev–Trinajstić information content (AvgIpc) is 3.28. The molecule has 32 heavy (non-hydrogen) atoms. The molecule has 0 atom stereocenters. The van der Waals surface area contributed by atoms with Crippen LogP contribution in [-0.4, -0.2) is 14.7 Å². The normalized spacial score (nSPS) is 11.4. The van der Waals surface area contributed by atoms with Crippen LogP contribution in [0.1, 0.15) is 0 Å². The summed E-state index contributed by atoms with van der Waals surface area (Å²) in [5.41, 5.74) is 3.24. The van der Waals surface area contributed by atoms with Crippen LogP contribution in [0.5, 0.6) is 0 Å². The van der Waals surface area contributed by atoms with Crippen LogP contribution >= 0.6 is 0 Å². The molecule has 152 valence electrons. The topological polar surface area (TPSA) is 61.0 Å². The molecule has 6 rings (SSSR count). The molecule has 1 heterocycles. The van der Waals surface area contributed by atoms with Crippen molar-refractivity contribution in [2.45, 2.75) is 0 Å². The van der Waals surface area contributed by atoms with E-state index in [-0.39, 0.29) is 10.6 Å². The molecular weight excluding hydrogens is 398 g/mol. The van der Waals surface area contributed by atoms with Gasteiger partial charge in [-0.25, -0.2) is 4.68 Å². The fourth-order valence-electron chi connectivity index (χ4n) is 4.56. The summed E-state index contributed by atoms with van der Waals surface area (Å²) in [5, 5.41) is 21.7. The van der Waals surface area contributed by atoms with Gasteiger partial charge in [-0.05, 0) is 51.4 Å². The molecule has 0 spiro atoms. The number of hydrogen-bond donors (Lipinski definition) is 0. The molecule has 0 saturated carbocycles. The zero-order chi connectivity index (χ0) is 21.7. The number of nitro benzene ring substituents is 1. The first-order valence-electron chi connectivity index (χ1n) is 10.3. The van der Waals surface area contributed by atoms with Crippen molar-refractivity contribution >= 4 is 38.1 Å². The second-order valence-electron chi connectivity index (χ2n) is 7.73. The van der Waals surface area contributed by atoms with Gasteiger partial charge in [0.05, 0.1) is 27.9 Å². The highest BCUT2D eigenvalue weighted by molar-refractivity contribution is 6.17. The SMILES string of the molecule is O=[N+]([O-])c1ccc2c(cnn2-c2ccccc2)c1-c1cc2ccccc2c2ccccc12. The first kappa shape index (κ1) is 18.3. The van der Waals surface area contributed by atoms with Crippen LogP contribution in [0.25, 0.3) is 49.3 Å². The highest BCUT2D eigenvalue weighted by atomic mass is 16.6. The summed E-state index contributed by atoms with van der Waals surface area (Å²) in [6, 6.07) is 31.4. The molecule has 0 fully saturated rings. The Kier molecular flexibility index (Phi) is 4.01. The van der Waals surface area contributed by atoms with E-state index in [2.05, 4.69) is 23.3 Å². The molecule has 0 aliphatic heterocycles. The Hall–Kier alpha value is -4.51. The predicted octanol–water partition coefficient (Wildman–Crippen LogP) is 6.91. The summed E-state index contributed by atoms with van der Waals surface area (Å²) in [7, 11) is 0. The number of nitrogens with zero attached hydrogens (tertiary/aromatic N) is 3. The van der Waals surface area contributed by atoms with Gasteiger partial charge in [0.2, 0.25) is 0 Å². The monoisotopic (exact) mass is 415 g/mol. The van der Waals surface area contributed by atoms with Gasteiger partial charge in [0.25, 0.3) is 5.69 Å². The van der Waals surface area contributed by atoms with Gasteiger partial charge >= 0.3 is 0 Å². The first-order chi connectivity index (χ1) is 15.7. The molecule has 0 unspecified atom stereocenters. The fourth-order valence-corrected chi connectivity index (χ4v) is 4.56. The van der Waals surface area contributed by atoms with Crippen LogP contribution < -0.4 is 0 Å². The third kappa shape index (κ3) is 2.68. The molecule has 1 aromatic heterocycles. The number of rotatable bonds is 3. The minimum Gasteiger partial charge on any atom is -0.258 e. The smallest absolute Gasteiger partial charge is 0.258 e. The third-order valence-corrected chi connectivity index (χ3v) is 5.97. The second-order valence-corrected chi connectivity index (χ2v) is 7.73. The van der Waals surface area contributed by atoms with Gasteiger partial charge in [-0.15, -0.1) is 0 Å². The Morgan fingerprint density at radius 2 is 1.41 bits per heavy atom. The maximum absolute atomic E-state index is 12.1. The first-order valence-corrected chi connectivity index (χ1v) is 10.3. The maximum Gasteiger partial charge on any atom is 0.278 e. The molecule has 6 aromatic rings. The summed E-state index contributed by atoms with van der Waals surface area (Å²) in [5.74, 6) is 0. The van der Waals surface area contributed by atoms with Crippen LogP contribution in [0.2, 0.25) is 0 Å². The number of fused-ring (bicyclic) bond motifs is 4. The molecular formula is C27H17N3O2. The van der Waals surface area contributed by atoms with Crippen molar-refractivity contribution in [3.05, 3.63) is 113 Å². The average molecular weight is 415 g/mol. The van der Waals surface area contributed by atoms with Gasteiger partial charge < -0.3 is 0 Å². The van der Waals surface area contributed by atoms with E-state index in [0.717, 1.165) is 43.7 Å². The predicted molar refractivity (Wildman–Crippen MR) is 128 cm³/mol. The van der Waals surface area contributed by atoms with Crippen LogP contribution in [0.4, 0.5) is 5.69 Å². The maximum atomic E-state index is 12.1. The molecule has 0 aliphatic carbocycles. The Labute approximate surface area is 183 Å². The summed E-state index contributed by atoms with van der Waals surface area (Å²) in [6.07, 6.45) is 1.73. The van der Waals surface area contributed by atoms with Gasteiger partial charge in [0, 0.05) is 11.5 Å². The number of aromatic nitrogens is 2. The minimum atomic E-state index is -0.307. The van der Waals surface area contributed by atoms with E-state index in [1.54, 1.807) is 18.3 Å². The van der Waals surface area contributed by atoms with Crippen LogP contribution in [0, 0.1) is 10.1 Å². The van der Waals surface area contributed by atoms with Crippen LogP contribution in [0.15, 0.2) is 103 Å². The van der Waals surface area contributed by atoms with Gasteiger partial charge in [-0.3, -0.25) is 10.1 Å². The minimum absolute atomic E-state index is 0.0746. The summed E-state index contributed by atoms with van der Waals surface area (Å²) >= 11 is 0. The Morgan fingerprint density at radius 1 is 0.719 bits per heavy atom. The molecule has 0 saturated heterocycles. The van der Waals surface area contributed by atoms with E-state index < -0.39 is 0 Å². The molecule has 0 bridgehead atoms. The van der Waals surface area contributed by atoms with E-state index in [1.807, 2.05) is 71.4 Å². The lowest BCUT2D eigenvalue weighted by Gasteiger charge is -2.12. The summed E-state index contributed by atoms with van der Waals surface area (Å²) in [6.45, 7) is 0. The number of para-hydroxylation sites is 1. The standard InChI is InChI=1S/C27H17N3O2/c31-30(32)26-15-14-25-24(17-28-29(25)19-9-2-1-3-10-19)27(26)23-16-18-8-4-5-11-20(18)21-12-6-7-13-22(21)23/h1-17H. The second kappa shape index (κ2) is 7.03. The Bertz CT molecular complexity index is 1650. The van der Waals surface area contributed by atoms with Gasteiger partial charge in [0.1, 0.15) is 0 Å². The lowest BCUT2D eigenvalue weighted by atomic mass is 9.91. The van der Waals surface area contributed by atoms with Crippen molar-refractivity contribution in [2.24, 2.45) is 0 Å². The van der Waals surface area contributed by atoms with Crippen LogP contribution in [0.3, 0.4) is 0 Å². The van der Waals surface area contributed by atoms with Crippen molar-refractivity contribution in [1.29, 1.82) is 0 Å². The van der Waals surface area contributed by atoms with Gasteiger partial charge in [-0.1, -0.05) is 66.7 Å². The fraction of sp³-hybridized carbons (Fsp3) is 0. The lowest BCUT2D eigenvalue weighted by molar-refractivity contribution is -0.384. The number of hydrogen-bond acceptors (Lipinski definition) is 3. The van der Waals surface area contributed by atoms with E-state index in [0.29, 0.717) is 5.56 Å². The Morgan fingerprint density at radius 3 is 2.19 bits per heavy atom. The van der Waals surface area contributed by atoms with Crippen molar-refractivity contribution in [2.75, 3.05) is 0 Å². The van der Waals surface area contributed by atoms with E-state index in [1.165, 1.54) is 0 Å². The van der Waals surface area contributed by atoms with Crippen molar-refractivity contribution < 1.29 is 4.92 Å².